The highest BCUT2D eigenvalue weighted by molar-refractivity contribution is 6.05. The van der Waals surface area contributed by atoms with Crippen LogP contribution in [0.4, 0.5) is 0 Å². The summed E-state index contributed by atoms with van der Waals surface area (Å²) in [4.78, 5) is 0. The van der Waals surface area contributed by atoms with Gasteiger partial charge >= 0.3 is 0 Å². The van der Waals surface area contributed by atoms with Gasteiger partial charge in [0, 0.05) is 11.9 Å². The quantitative estimate of drug-likeness (QED) is 0.622. The molecule has 3 heteroatoms. The Bertz CT molecular complexity index is 651. The van der Waals surface area contributed by atoms with E-state index in [0.29, 0.717) is 0 Å². The number of benzene rings is 1. The monoisotopic (exact) mass is 242 g/mol. The first-order valence-corrected chi connectivity index (χ1v) is 6.73. The third kappa shape index (κ3) is 1.80. The van der Waals surface area contributed by atoms with Crippen LogP contribution in [0, 0.1) is 0 Å². The molecule has 94 valence electrons. The lowest BCUT2D eigenvalue weighted by Crippen LogP contribution is -1.97. The summed E-state index contributed by atoms with van der Waals surface area (Å²) in [5, 5.41) is 6.29. The third-order valence-corrected chi connectivity index (χ3v) is 3.52. The molecule has 0 aliphatic heterocycles. The molecule has 1 aromatic carbocycles. The van der Waals surface area contributed by atoms with Crippen molar-refractivity contribution in [1.29, 1.82) is 0 Å². The van der Waals surface area contributed by atoms with Crippen LogP contribution in [-0.4, -0.2) is 9.72 Å². The number of hydrogen-bond donors (Lipinski definition) is 0. The van der Waals surface area contributed by atoms with Crippen molar-refractivity contribution in [2.75, 3.05) is 0 Å². The second-order valence-electron chi connectivity index (χ2n) is 4.77. The molecule has 3 aromatic rings. The lowest BCUT2D eigenvalue weighted by atomic mass is 10.2. The molecule has 0 saturated carbocycles. The normalized spacial score (nSPS) is 11.6. The Morgan fingerprint density at radius 1 is 1.11 bits per heavy atom. The molecule has 0 bridgehead atoms. The molecule has 0 unspecified atom stereocenters. The summed E-state index contributed by atoms with van der Waals surface area (Å²) in [6.07, 6.45) is 6.87. The number of fused-ring (bicyclic) bond motifs is 3. The molecule has 2 aromatic heterocycles. The second-order valence-corrected chi connectivity index (χ2v) is 4.77. The molecule has 2 heterocycles. The molecule has 18 heavy (non-hydrogen) atoms. The number of nitrogens with zero attached hydrogens (tertiary/aromatic N) is 2. The molecule has 3 nitrogen and oxygen atoms in total. The fourth-order valence-corrected chi connectivity index (χ4v) is 2.58. The molecular formula is C15H18N2O. The van der Waals surface area contributed by atoms with Crippen LogP contribution < -0.4 is 0 Å². The van der Waals surface area contributed by atoms with Gasteiger partial charge in [0.1, 0.15) is 0 Å². The van der Waals surface area contributed by atoms with Crippen molar-refractivity contribution in [1.82, 2.24) is 9.72 Å². The van der Waals surface area contributed by atoms with E-state index >= 15 is 0 Å². The van der Waals surface area contributed by atoms with Crippen LogP contribution in [0.3, 0.4) is 0 Å². The maximum Gasteiger partial charge on any atom is 0.239 e. The fraction of sp³-hybridized carbons (Fsp3) is 0.400. The molecule has 0 amide bonds. The van der Waals surface area contributed by atoms with Crippen LogP contribution in [0.1, 0.15) is 32.6 Å². The highest BCUT2D eigenvalue weighted by Gasteiger charge is 2.13. The summed E-state index contributed by atoms with van der Waals surface area (Å²) in [5.74, 6) is 0. The summed E-state index contributed by atoms with van der Waals surface area (Å²) in [7, 11) is 0. The summed E-state index contributed by atoms with van der Waals surface area (Å²) in [5.41, 5.74) is 2.16. The van der Waals surface area contributed by atoms with E-state index in [1.165, 1.54) is 36.6 Å². The van der Waals surface area contributed by atoms with Crippen molar-refractivity contribution in [3.8, 4) is 0 Å². The number of unbranched alkanes of at least 4 members (excludes halogenated alkanes) is 3. The van der Waals surface area contributed by atoms with Crippen LogP contribution >= 0.6 is 0 Å². The second kappa shape index (κ2) is 4.84. The Morgan fingerprint density at radius 3 is 2.89 bits per heavy atom. The predicted molar refractivity (Wildman–Crippen MR) is 73.6 cm³/mol. The Hall–Kier alpha value is -1.77. The predicted octanol–water partition coefficient (Wildman–Crippen LogP) is 4.36. The van der Waals surface area contributed by atoms with Crippen LogP contribution in [0.15, 0.2) is 35.0 Å². The first-order chi connectivity index (χ1) is 8.92. The number of para-hydroxylation sites is 1. The highest BCUT2D eigenvalue weighted by atomic mass is 16.5. The van der Waals surface area contributed by atoms with E-state index in [-0.39, 0.29) is 0 Å². The molecule has 0 saturated heterocycles. The smallest absolute Gasteiger partial charge is 0.239 e. The van der Waals surface area contributed by atoms with Crippen molar-refractivity contribution in [2.24, 2.45) is 0 Å². The maximum atomic E-state index is 5.40. The maximum absolute atomic E-state index is 5.40. The molecule has 0 N–H and O–H groups in total. The Balaban J connectivity index is 1.98. The summed E-state index contributed by atoms with van der Waals surface area (Å²) >= 11 is 0. The van der Waals surface area contributed by atoms with E-state index in [9.17, 15) is 0 Å². The minimum Gasteiger partial charge on any atom is -0.338 e. The van der Waals surface area contributed by atoms with E-state index in [0.717, 1.165) is 17.6 Å². The number of hydrogen-bond acceptors (Lipinski definition) is 2. The van der Waals surface area contributed by atoms with Crippen molar-refractivity contribution < 1.29 is 4.52 Å². The molecule has 0 aliphatic rings. The zero-order chi connectivity index (χ0) is 12.4. The molecule has 0 radical (unpaired) electrons. The number of aromatic nitrogens is 2. The Kier molecular flexibility index (Phi) is 3.05. The van der Waals surface area contributed by atoms with E-state index in [1.54, 1.807) is 0 Å². The van der Waals surface area contributed by atoms with Crippen molar-refractivity contribution in [2.45, 2.75) is 39.2 Å². The van der Waals surface area contributed by atoms with Crippen LogP contribution in [0.25, 0.3) is 22.0 Å². The first kappa shape index (κ1) is 11.3. The molecule has 0 aliphatic carbocycles. The van der Waals surface area contributed by atoms with E-state index in [4.69, 9.17) is 4.52 Å². The van der Waals surface area contributed by atoms with Crippen LogP contribution in [0.2, 0.25) is 0 Å². The van der Waals surface area contributed by atoms with E-state index in [1.807, 2.05) is 6.20 Å². The Labute approximate surface area is 106 Å². The third-order valence-electron chi connectivity index (χ3n) is 3.52. The van der Waals surface area contributed by atoms with Gasteiger partial charge in [-0.05, 0) is 12.5 Å². The molecule has 0 fully saturated rings. The molecule has 0 spiro atoms. The van der Waals surface area contributed by atoms with Gasteiger partial charge in [0.05, 0.1) is 17.1 Å². The van der Waals surface area contributed by atoms with Gasteiger partial charge in [-0.2, -0.15) is 0 Å². The lowest BCUT2D eigenvalue weighted by Gasteiger charge is -2.04. The highest BCUT2D eigenvalue weighted by Crippen LogP contribution is 2.28. The van der Waals surface area contributed by atoms with Crippen LogP contribution in [-0.2, 0) is 6.54 Å². The SMILES string of the molecule is CCCCCCn1c2ccccc2c2cnoc21. The standard InChI is InChI=1S/C15H18N2O/c1-2-3-4-7-10-17-14-9-6-5-8-12(14)13-11-16-18-15(13)17/h5-6,8-9,11H,2-4,7,10H2,1H3. The average molecular weight is 242 g/mol. The summed E-state index contributed by atoms with van der Waals surface area (Å²) < 4.78 is 7.66. The fourth-order valence-electron chi connectivity index (χ4n) is 2.58. The van der Waals surface area contributed by atoms with Gasteiger partial charge in [-0.25, -0.2) is 0 Å². The van der Waals surface area contributed by atoms with Gasteiger partial charge in [-0.3, -0.25) is 0 Å². The molecular weight excluding hydrogens is 224 g/mol. The lowest BCUT2D eigenvalue weighted by molar-refractivity contribution is 0.431. The van der Waals surface area contributed by atoms with E-state index in [2.05, 4.69) is 40.9 Å². The van der Waals surface area contributed by atoms with Gasteiger partial charge in [0.2, 0.25) is 5.71 Å². The minimum absolute atomic E-state index is 0.910. The topological polar surface area (TPSA) is 31.0 Å². The van der Waals surface area contributed by atoms with Gasteiger partial charge in [-0.1, -0.05) is 49.5 Å². The van der Waals surface area contributed by atoms with Crippen LogP contribution in [0.5, 0.6) is 0 Å². The number of rotatable bonds is 5. The van der Waals surface area contributed by atoms with Gasteiger partial charge in [0.25, 0.3) is 0 Å². The minimum atomic E-state index is 0.910. The zero-order valence-corrected chi connectivity index (χ0v) is 10.7. The molecule has 3 rings (SSSR count). The largest absolute Gasteiger partial charge is 0.338 e. The van der Waals surface area contributed by atoms with E-state index < -0.39 is 0 Å². The first-order valence-electron chi connectivity index (χ1n) is 6.73. The van der Waals surface area contributed by atoms with Gasteiger partial charge in [-0.15, -0.1) is 0 Å². The van der Waals surface area contributed by atoms with Gasteiger partial charge in [0.15, 0.2) is 0 Å². The summed E-state index contributed by atoms with van der Waals surface area (Å²) in [6.45, 7) is 3.25. The Morgan fingerprint density at radius 2 is 2.00 bits per heavy atom. The average Bonchev–Trinajstić information content (AvgIpc) is 2.97. The van der Waals surface area contributed by atoms with Gasteiger partial charge < -0.3 is 9.09 Å². The number of aryl methyl sites for hydroxylation is 1. The zero-order valence-electron chi connectivity index (χ0n) is 10.7. The summed E-state index contributed by atoms with van der Waals surface area (Å²) in [6, 6.07) is 8.44. The molecule has 0 atom stereocenters. The van der Waals surface area contributed by atoms with Crippen molar-refractivity contribution >= 4 is 22.0 Å². The van der Waals surface area contributed by atoms with Crippen molar-refractivity contribution in [3.63, 3.8) is 0 Å². The van der Waals surface area contributed by atoms with Crippen molar-refractivity contribution in [3.05, 3.63) is 30.5 Å².